The van der Waals surface area contributed by atoms with E-state index in [1.54, 1.807) is 11.8 Å². The molecule has 2 aliphatic heterocycles. The van der Waals surface area contributed by atoms with Crippen molar-refractivity contribution in [2.45, 2.75) is 44.8 Å². The minimum atomic E-state index is -4.45. The Kier molecular flexibility index (Phi) is 9.27. The van der Waals surface area contributed by atoms with Gasteiger partial charge < -0.3 is 14.5 Å². The Hall–Kier alpha value is -3.40. The van der Waals surface area contributed by atoms with Crippen LogP contribution in [0.25, 0.3) is 0 Å². The quantitative estimate of drug-likeness (QED) is 0.475. The summed E-state index contributed by atoms with van der Waals surface area (Å²) in [6.45, 7) is 4.44. The van der Waals surface area contributed by atoms with Gasteiger partial charge in [-0.1, -0.05) is 18.2 Å². The third kappa shape index (κ3) is 7.17. The molecule has 2 aromatic rings. The first-order valence-corrected chi connectivity index (χ1v) is 13.4. The minimum absolute atomic E-state index is 0.0386. The second-order valence-corrected chi connectivity index (χ2v) is 10.0. The van der Waals surface area contributed by atoms with Crippen molar-refractivity contribution in [2.75, 3.05) is 44.2 Å². The average molecular weight is 546 g/mol. The Morgan fingerprint density at radius 2 is 1.51 bits per heavy atom. The summed E-state index contributed by atoms with van der Waals surface area (Å²) in [5, 5.41) is 0. The Balaban J connectivity index is 1.38. The molecule has 2 aliphatic rings. The van der Waals surface area contributed by atoms with Gasteiger partial charge in [-0.15, -0.1) is 0 Å². The zero-order valence-corrected chi connectivity index (χ0v) is 22.0. The van der Waals surface area contributed by atoms with E-state index in [4.69, 9.17) is 4.74 Å². The summed E-state index contributed by atoms with van der Waals surface area (Å²) >= 11 is 0. The van der Waals surface area contributed by atoms with Crippen molar-refractivity contribution in [3.05, 3.63) is 65.7 Å². The number of rotatable bonds is 7. The lowest BCUT2D eigenvalue weighted by Crippen LogP contribution is -2.52. The number of nitrogens with zero attached hydrogens (tertiary/aromatic N) is 3. The number of ether oxygens (including phenoxy) is 1. The minimum Gasteiger partial charge on any atom is -0.466 e. The monoisotopic (exact) mass is 545 g/mol. The number of para-hydroxylation sites is 1. The number of piperidine rings is 2. The molecular weight excluding hydrogens is 511 g/mol. The molecular formula is C29H34F3N3O4. The summed E-state index contributed by atoms with van der Waals surface area (Å²) in [5.74, 6) is -0.660. The zero-order valence-electron chi connectivity index (χ0n) is 22.0. The van der Waals surface area contributed by atoms with E-state index >= 15 is 0 Å². The van der Waals surface area contributed by atoms with Gasteiger partial charge in [-0.2, -0.15) is 13.2 Å². The highest BCUT2D eigenvalue weighted by molar-refractivity contribution is 5.96. The van der Waals surface area contributed by atoms with E-state index in [9.17, 15) is 27.6 Å². The van der Waals surface area contributed by atoms with Gasteiger partial charge >= 0.3 is 12.1 Å². The van der Waals surface area contributed by atoms with Crippen LogP contribution in [-0.2, 0) is 20.5 Å². The fourth-order valence-corrected chi connectivity index (χ4v) is 5.31. The van der Waals surface area contributed by atoms with Crippen LogP contribution in [0.3, 0.4) is 0 Å². The van der Waals surface area contributed by atoms with E-state index < -0.39 is 11.7 Å². The molecule has 210 valence electrons. The molecule has 0 radical (unpaired) electrons. The van der Waals surface area contributed by atoms with Crippen molar-refractivity contribution < 1.29 is 32.3 Å². The molecule has 4 rings (SSSR count). The van der Waals surface area contributed by atoms with Gasteiger partial charge in [0, 0.05) is 30.4 Å². The normalized spacial score (nSPS) is 17.6. The smallest absolute Gasteiger partial charge is 0.416 e. The third-order valence-corrected chi connectivity index (χ3v) is 7.45. The first-order chi connectivity index (χ1) is 18.7. The molecule has 0 saturated carbocycles. The van der Waals surface area contributed by atoms with Gasteiger partial charge in [-0.3, -0.25) is 19.3 Å². The number of hydrogen-bond donors (Lipinski definition) is 0. The fourth-order valence-electron chi connectivity index (χ4n) is 5.31. The number of alkyl halides is 3. The van der Waals surface area contributed by atoms with E-state index in [1.165, 1.54) is 12.1 Å². The van der Waals surface area contributed by atoms with Crippen molar-refractivity contribution in [3.8, 4) is 0 Å². The van der Waals surface area contributed by atoms with Gasteiger partial charge in [-0.05, 0) is 82.1 Å². The van der Waals surface area contributed by atoms with Crippen molar-refractivity contribution in [1.29, 1.82) is 0 Å². The highest BCUT2D eigenvalue weighted by Gasteiger charge is 2.34. The molecule has 2 fully saturated rings. The number of anilines is 1. The van der Waals surface area contributed by atoms with Gasteiger partial charge in [0.2, 0.25) is 5.91 Å². The lowest BCUT2D eigenvalue weighted by molar-refractivity contribution is -0.149. The molecule has 0 spiro atoms. The number of benzene rings is 2. The first kappa shape index (κ1) is 28.6. The Morgan fingerprint density at radius 3 is 2.08 bits per heavy atom. The van der Waals surface area contributed by atoms with Crippen LogP contribution in [0, 0.1) is 5.92 Å². The van der Waals surface area contributed by atoms with Crippen molar-refractivity contribution in [3.63, 3.8) is 0 Å². The summed E-state index contributed by atoms with van der Waals surface area (Å²) in [6.07, 6.45) is -2.04. The van der Waals surface area contributed by atoms with Crippen LogP contribution < -0.4 is 4.90 Å². The van der Waals surface area contributed by atoms with Crippen LogP contribution in [-0.4, -0.2) is 73.0 Å². The molecule has 2 amide bonds. The van der Waals surface area contributed by atoms with Crippen molar-refractivity contribution in [1.82, 2.24) is 9.80 Å². The largest absolute Gasteiger partial charge is 0.466 e. The number of carbonyl (C=O) groups is 3. The molecule has 2 heterocycles. The van der Waals surface area contributed by atoms with E-state index in [0.717, 1.165) is 17.8 Å². The standard InChI is InChI=1S/C29H34F3N3O4/c1-2-39-28(38)22-12-16-33(17-13-22)20-26(36)35(24-6-4-3-5-7-24)25-14-18-34(19-15-25)27(37)21-8-10-23(11-9-21)29(30,31)32/h3-11,22,25H,2,12-20H2,1H3. The number of esters is 1. The van der Waals surface area contributed by atoms with Gasteiger partial charge in [0.05, 0.1) is 24.6 Å². The number of halogens is 3. The highest BCUT2D eigenvalue weighted by Crippen LogP contribution is 2.30. The number of amides is 2. The molecule has 0 aliphatic carbocycles. The van der Waals surface area contributed by atoms with Crippen LogP contribution in [0.2, 0.25) is 0 Å². The van der Waals surface area contributed by atoms with Gasteiger partial charge in [0.25, 0.3) is 5.91 Å². The fraction of sp³-hybridized carbons (Fsp3) is 0.483. The van der Waals surface area contributed by atoms with Crippen LogP contribution in [0.5, 0.6) is 0 Å². The van der Waals surface area contributed by atoms with E-state index in [0.29, 0.717) is 58.5 Å². The summed E-state index contributed by atoms with van der Waals surface area (Å²) in [4.78, 5) is 44.1. The summed E-state index contributed by atoms with van der Waals surface area (Å²) in [5.41, 5.74) is 0.208. The molecule has 0 aromatic heterocycles. The molecule has 0 bridgehead atoms. The maximum Gasteiger partial charge on any atom is 0.416 e. The molecule has 2 saturated heterocycles. The zero-order chi connectivity index (χ0) is 28.0. The second kappa shape index (κ2) is 12.6. The van der Waals surface area contributed by atoms with Crippen LogP contribution >= 0.6 is 0 Å². The highest BCUT2D eigenvalue weighted by atomic mass is 19.4. The van der Waals surface area contributed by atoms with E-state index in [1.807, 2.05) is 35.2 Å². The average Bonchev–Trinajstić information content (AvgIpc) is 2.94. The number of likely N-dealkylation sites (tertiary alicyclic amines) is 2. The topological polar surface area (TPSA) is 70.2 Å². The van der Waals surface area contributed by atoms with Gasteiger partial charge in [0.1, 0.15) is 0 Å². The molecule has 0 atom stereocenters. The summed E-state index contributed by atoms with van der Waals surface area (Å²) < 4.78 is 43.8. The van der Waals surface area contributed by atoms with Crippen molar-refractivity contribution >= 4 is 23.5 Å². The number of hydrogen-bond acceptors (Lipinski definition) is 5. The molecule has 0 unspecified atom stereocenters. The lowest BCUT2D eigenvalue weighted by Gasteiger charge is -2.40. The Labute approximate surface area is 226 Å². The second-order valence-electron chi connectivity index (χ2n) is 10.0. The molecule has 39 heavy (non-hydrogen) atoms. The molecule has 0 N–H and O–H groups in total. The lowest BCUT2D eigenvalue weighted by atomic mass is 9.97. The van der Waals surface area contributed by atoms with E-state index in [2.05, 4.69) is 4.90 Å². The third-order valence-electron chi connectivity index (χ3n) is 7.45. The summed E-state index contributed by atoms with van der Waals surface area (Å²) in [6, 6.07) is 13.6. The predicted molar refractivity (Wildman–Crippen MR) is 140 cm³/mol. The Bertz CT molecular complexity index is 1120. The predicted octanol–water partition coefficient (Wildman–Crippen LogP) is 4.62. The molecule has 7 nitrogen and oxygen atoms in total. The van der Waals surface area contributed by atoms with Crippen molar-refractivity contribution in [2.24, 2.45) is 5.92 Å². The van der Waals surface area contributed by atoms with E-state index in [-0.39, 0.29) is 41.9 Å². The van der Waals surface area contributed by atoms with Crippen LogP contribution in [0.1, 0.15) is 48.5 Å². The molecule has 2 aromatic carbocycles. The maximum atomic E-state index is 13.6. The Morgan fingerprint density at radius 1 is 0.897 bits per heavy atom. The first-order valence-electron chi connectivity index (χ1n) is 13.4. The van der Waals surface area contributed by atoms with Gasteiger partial charge in [-0.25, -0.2) is 0 Å². The summed E-state index contributed by atoms with van der Waals surface area (Å²) in [7, 11) is 0. The molecule has 10 heteroatoms. The SMILES string of the molecule is CCOC(=O)C1CCN(CC(=O)N(c2ccccc2)C2CCN(C(=O)c3ccc(C(F)(F)F)cc3)CC2)CC1. The van der Waals surface area contributed by atoms with Gasteiger partial charge in [0.15, 0.2) is 0 Å². The maximum absolute atomic E-state index is 13.6. The number of carbonyl (C=O) groups excluding carboxylic acids is 3. The van der Waals surface area contributed by atoms with Crippen LogP contribution in [0.4, 0.5) is 18.9 Å². The van der Waals surface area contributed by atoms with Crippen LogP contribution in [0.15, 0.2) is 54.6 Å².